The molecule has 0 aliphatic rings. The number of carbonyl (C=O) groups is 9. The van der Waals surface area contributed by atoms with Gasteiger partial charge in [0, 0.05) is 85.0 Å². The van der Waals surface area contributed by atoms with E-state index in [0.717, 1.165) is 22.5 Å². The Kier molecular flexibility index (Phi) is 50.6. The number of carboxylic acids is 2. The van der Waals surface area contributed by atoms with Crippen LogP contribution < -0.4 is 76.0 Å². The minimum Gasteiger partial charge on any atom is -0.480 e. The minimum atomic E-state index is -1.33. The maximum atomic E-state index is 11.7. The largest absolute Gasteiger partial charge is 0.480 e. The Bertz CT molecular complexity index is 4050. The van der Waals surface area contributed by atoms with Gasteiger partial charge < -0.3 is 144 Å². The third-order valence-electron chi connectivity index (χ3n) is 13.6. The second-order valence-corrected chi connectivity index (χ2v) is 31.0. The van der Waals surface area contributed by atoms with Crippen molar-refractivity contribution in [2.24, 2.45) is 28.7 Å². The molecule has 7 amide bonds. The lowest BCUT2D eigenvalue weighted by molar-refractivity contribution is -0.141. The van der Waals surface area contributed by atoms with Gasteiger partial charge in [0.05, 0.1) is 64.4 Å². The first-order chi connectivity index (χ1) is 56.8. The van der Waals surface area contributed by atoms with E-state index in [2.05, 4.69) is 72.2 Å². The molecule has 44 heteroatoms. The van der Waals surface area contributed by atoms with Gasteiger partial charge in [0.1, 0.15) is 56.0 Å². The fraction of sp³-hybridized carbons (Fsp3) is 0.551. The molecule has 44 nitrogen and oxygen atoms in total. The second kappa shape index (κ2) is 56.0. The van der Waals surface area contributed by atoms with E-state index in [0.29, 0.717) is 62.3 Å². The fourth-order valence-electron chi connectivity index (χ4n) is 8.56. The third-order valence-corrected chi connectivity index (χ3v) is 13.6. The zero-order valence-electron chi connectivity index (χ0n) is 73.6. The van der Waals surface area contributed by atoms with E-state index in [1.807, 2.05) is 85.9 Å². The Labute approximate surface area is 710 Å². The molecule has 6 rings (SSSR count). The molecule has 0 radical (unpaired) electrons. The summed E-state index contributed by atoms with van der Waals surface area (Å²) in [5.74, 6) is -2.80. The highest BCUT2D eigenvalue weighted by Gasteiger charge is 2.27. The number of fused-ring (bicyclic) bond motifs is 1. The summed E-state index contributed by atoms with van der Waals surface area (Å²) in [6.07, 6.45) is -0.422. The molecule has 0 bridgehead atoms. The number of aliphatic hydroxyl groups excluding tert-OH is 2. The van der Waals surface area contributed by atoms with Crippen LogP contribution in [0.3, 0.4) is 0 Å². The van der Waals surface area contributed by atoms with Gasteiger partial charge >= 0.3 is 48.4 Å². The number of anilines is 5. The molecular weight excluding hydrogens is 1600 g/mol. The molecule has 122 heavy (non-hydrogen) atoms. The van der Waals surface area contributed by atoms with Gasteiger partial charge in [-0.25, -0.2) is 43.5 Å². The van der Waals surface area contributed by atoms with Crippen molar-refractivity contribution in [2.45, 2.75) is 182 Å². The number of nitrogens with one attached hydrogen (secondary N) is 8. The number of hydrogen-bond acceptors (Lipinski definition) is 34. The summed E-state index contributed by atoms with van der Waals surface area (Å²) in [7, 11) is 7.55. The predicted octanol–water partition coefficient (Wildman–Crippen LogP) is 5.28. The molecule has 0 aliphatic heterocycles. The van der Waals surface area contributed by atoms with Crippen LogP contribution in [0.5, 0.6) is 6.01 Å². The highest BCUT2D eigenvalue weighted by molar-refractivity contribution is 5.99. The van der Waals surface area contributed by atoms with Crippen molar-refractivity contribution in [3.8, 4) is 6.01 Å². The Morgan fingerprint density at radius 1 is 0.467 bits per heavy atom. The van der Waals surface area contributed by atoms with E-state index < -0.39 is 107 Å². The van der Waals surface area contributed by atoms with Crippen molar-refractivity contribution >= 4 is 94.2 Å². The third kappa shape index (κ3) is 51.7. The summed E-state index contributed by atoms with van der Waals surface area (Å²) in [5, 5.41) is 63.7. The fourth-order valence-corrected chi connectivity index (χ4v) is 8.56. The van der Waals surface area contributed by atoms with Crippen LogP contribution >= 0.6 is 0 Å². The van der Waals surface area contributed by atoms with Crippen molar-refractivity contribution < 1.29 is 116 Å². The Hall–Kier alpha value is -11.8. The smallest absolute Gasteiger partial charge is 0.408 e. The van der Waals surface area contributed by atoms with Gasteiger partial charge in [-0.2, -0.15) is 9.97 Å². The van der Waals surface area contributed by atoms with Gasteiger partial charge in [0.2, 0.25) is 5.95 Å². The zero-order valence-corrected chi connectivity index (χ0v) is 73.6. The standard InChI is InChI=1S/C18H15N7O2.C16H22N6O2.2C9H20N2O3.C9H17NO5.C9H19NO4.C8H15NO5/c1-11-5-4-6-12(9-11)21-17-13(16(19)26)10-20-18(22-17)27-25-15-8-3-2-7-14(15)23-24-25;1-10-4-3-5-12(6-10)21-15-13(14(18)23)8-20-16(22-15)19-7-11(17)9-24-2;2*1-9(2,3)14-8(12)11-7(5-10)6-13-4;1-9(2,3)15-8(13)10-6(5-14-4)7(11)12;1-9(2,3)14-8(12)10-7(5-11)6-13-4;1-8(2,3)14-7(13)9-5(4-10)6(11)12/h2-10H,1H3,(H2,19,26)(H,20,21,22);3-6,8,11H,7,9,17H2,1-2H3,(H2,18,23)(H2,19,20,21,22);2*7H,5-6,10H2,1-4H3,(H,11,12);6H,5H2,1-4H3,(H,10,13)(H,11,12);7,11H,5-6H2,1-4H3,(H,10,12);5,10H,4H2,1-3H3,(H,9,13)(H,11,12)/t;11-;2*7-;6-;7-;5-/m.111010/s1. The van der Waals surface area contributed by atoms with E-state index in [-0.39, 0.29) is 60.9 Å². The Balaban J connectivity index is 0.00000143. The van der Waals surface area contributed by atoms with Crippen LogP contribution in [0.2, 0.25) is 0 Å². The van der Waals surface area contributed by atoms with Gasteiger partial charge in [0.15, 0.2) is 17.9 Å². The first kappa shape index (κ1) is 110. The molecule has 0 fully saturated rings. The number of alkyl carbamates (subject to hydrolysis) is 5. The number of nitrogens with two attached hydrogens (primary N) is 5. The van der Waals surface area contributed by atoms with Crippen molar-refractivity contribution in [1.29, 1.82) is 0 Å². The number of hydrogen-bond donors (Lipinski definition) is 17. The van der Waals surface area contributed by atoms with Gasteiger partial charge in [-0.1, -0.05) is 41.2 Å². The Morgan fingerprint density at radius 2 is 0.844 bits per heavy atom. The number of para-hydroxylation sites is 1. The van der Waals surface area contributed by atoms with Crippen molar-refractivity contribution in [3.63, 3.8) is 0 Å². The Morgan fingerprint density at radius 3 is 1.21 bits per heavy atom. The number of benzene rings is 3. The molecule has 684 valence electrons. The van der Waals surface area contributed by atoms with Gasteiger partial charge in [-0.05, 0) is 170 Å². The lowest BCUT2D eigenvalue weighted by Crippen LogP contribution is -2.45. The minimum absolute atomic E-state index is 0.00851. The summed E-state index contributed by atoms with van der Waals surface area (Å²) in [5.41, 5.74) is 30.1. The summed E-state index contributed by atoms with van der Waals surface area (Å²) in [6, 6.07) is 19.2. The number of carboxylic acid groups (broad SMARTS) is 2. The molecule has 3 aromatic heterocycles. The maximum Gasteiger partial charge on any atom is 0.408 e. The average Bonchev–Trinajstić information content (AvgIpc) is 1.52. The van der Waals surface area contributed by atoms with Gasteiger partial charge in [-0.15, -0.1) is 5.10 Å². The molecule has 3 heterocycles. The number of ether oxygens (including phenoxy) is 10. The number of primary amides is 2. The number of rotatable bonds is 32. The first-order valence-corrected chi connectivity index (χ1v) is 37.8. The van der Waals surface area contributed by atoms with Crippen molar-refractivity contribution in [1.82, 2.24) is 61.7 Å². The number of aryl methyl sites for hydroxylation is 2. The second-order valence-electron chi connectivity index (χ2n) is 31.0. The lowest BCUT2D eigenvalue weighted by atomic mass is 10.2. The number of aliphatic hydroxyl groups is 2. The highest BCUT2D eigenvalue weighted by atomic mass is 16.7. The summed E-state index contributed by atoms with van der Waals surface area (Å²) in [6.45, 7) is 31.7. The summed E-state index contributed by atoms with van der Waals surface area (Å²) < 4.78 is 49.0. The van der Waals surface area contributed by atoms with Crippen LogP contribution in [0, 0.1) is 13.8 Å². The van der Waals surface area contributed by atoms with Crippen LogP contribution in [-0.2, 0) is 57.0 Å². The molecule has 6 aromatic rings. The maximum absolute atomic E-state index is 11.7. The van der Waals surface area contributed by atoms with E-state index in [9.17, 15) is 43.2 Å². The lowest BCUT2D eigenvalue weighted by Gasteiger charge is -2.22. The first-order valence-electron chi connectivity index (χ1n) is 37.8. The molecule has 6 atom stereocenters. The number of methoxy groups -OCH3 is 5. The molecule has 0 saturated heterocycles. The number of nitrogens with zero attached hydrogens (tertiary/aromatic N) is 7. The quantitative estimate of drug-likeness (QED) is 0.0239. The molecule has 3 aromatic carbocycles. The van der Waals surface area contributed by atoms with Crippen LogP contribution in [0.1, 0.15) is 136 Å². The number of aliphatic carboxylic acids is 2. The normalized spacial score (nSPS) is 12.5. The number of carbonyl (C=O) groups excluding carboxylic acids is 7. The number of amides is 7. The van der Waals surface area contributed by atoms with E-state index >= 15 is 0 Å². The van der Waals surface area contributed by atoms with E-state index in [1.165, 1.54) is 31.5 Å². The average molecular weight is 1730 g/mol. The SMILES string of the molecule is CC(C)(C)OC(=O)N[C@@H](CO)C(=O)O.COC[C@@H](CN)NC(=O)OC(C)(C)C.COC[C@@H](CN)NC(=O)OC(C)(C)C.COC[C@@H](CO)NC(=O)OC(C)(C)C.COC[C@H](N)CNc1ncc(C(N)=O)c(Nc2cccc(C)c2)n1.COC[C@H](NC(=O)OC(C)(C)C)C(=O)O.Cc1cccc(Nc2nc(On3nnc4ccccc43)ncc2C(N)=O)c1. The van der Waals surface area contributed by atoms with E-state index in [1.54, 1.807) is 131 Å². The molecular formula is C78H128N20O24. The molecule has 0 saturated carbocycles. The number of aromatic nitrogens is 7. The molecule has 22 N–H and O–H groups in total. The topological polar surface area (TPSA) is 645 Å². The van der Waals surface area contributed by atoms with Gasteiger partial charge in [0.25, 0.3) is 11.8 Å². The van der Waals surface area contributed by atoms with E-state index in [4.69, 9.17) is 96.6 Å². The highest BCUT2D eigenvalue weighted by Crippen LogP contribution is 2.24. The molecule has 0 unspecified atom stereocenters. The predicted molar refractivity (Wildman–Crippen MR) is 453 cm³/mol. The van der Waals surface area contributed by atoms with Crippen LogP contribution in [-0.4, -0.2) is 275 Å². The summed E-state index contributed by atoms with van der Waals surface area (Å²) >= 11 is 0. The van der Waals surface area contributed by atoms with Gasteiger partial charge in [-0.3, -0.25) is 9.59 Å². The molecule has 0 spiro atoms. The zero-order chi connectivity index (χ0) is 93.3. The van der Waals surface area contributed by atoms with Crippen LogP contribution in [0.15, 0.2) is 85.2 Å². The van der Waals surface area contributed by atoms with Crippen molar-refractivity contribution in [3.05, 3.63) is 107 Å². The summed E-state index contributed by atoms with van der Waals surface area (Å²) in [4.78, 5) is 124. The molecule has 0 aliphatic carbocycles. The monoisotopic (exact) mass is 1730 g/mol. The van der Waals surface area contributed by atoms with Crippen molar-refractivity contribution in [2.75, 3.05) is 117 Å². The van der Waals surface area contributed by atoms with Crippen LogP contribution in [0.4, 0.5) is 52.9 Å². The van der Waals surface area contributed by atoms with Crippen LogP contribution in [0.25, 0.3) is 11.0 Å².